The zero-order valence-electron chi connectivity index (χ0n) is 9.30. The van der Waals surface area contributed by atoms with Crippen molar-refractivity contribution in [2.24, 2.45) is 5.73 Å². The zero-order valence-corrected chi connectivity index (χ0v) is 10.1. The van der Waals surface area contributed by atoms with Gasteiger partial charge in [0.1, 0.15) is 0 Å². The van der Waals surface area contributed by atoms with Gasteiger partial charge in [-0.3, -0.25) is 0 Å². The molecule has 0 spiro atoms. The van der Waals surface area contributed by atoms with Gasteiger partial charge in [0.15, 0.2) is 9.84 Å². The minimum Gasteiger partial charge on any atom is -0.380 e. The Kier molecular flexibility index (Phi) is 3.84. The van der Waals surface area contributed by atoms with E-state index in [9.17, 15) is 8.42 Å². The maximum absolute atomic E-state index is 12.1. The number of rotatable bonds is 3. The number of sulfone groups is 1. The molecule has 0 aromatic heterocycles. The van der Waals surface area contributed by atoms with Crippen molar-refractivity contribution in [3.05, 3.63) is 0 Å². The van der Waals surface area contributed by atoms with E-state index in [4.69, 9.17) is 15.2 Å². The summed E-state index contributed by atoms with van der Waals surface area (Å²) in [4.78, 5) is 0. The van der Waals surface area contributed by atoms with Crippen LogP contribution in [0.2, 0.25) is 0 Å². The van der Waals surface area contributed by atoms with E-state index in [0.29, 0.717) is 19.6 Å². The molecule has 94 valence electrons. The highest BCUT2D eigenvalue weighted by atomic mass is 32.2. The molecule has 0 aromatic rings. The lowest BCUT2D eigenvalue weighted by atomic mass is 10.1. The third-order valence-corrected chi connectivity index (χ3v) is 5.50. The first-order chi connectivity index (χ1) is 7.59. The third kappa shape index (κ3) is 2.74. The lowest BCUT2D eigenvalue weighted by Crippen LogP contribution is -2.49. The Labute approximate surface area is 96.2 Å². The lowest BCUT2D eigenvalue weighted by Gasteiger charge is -2.29. The zero-order chi connectivity index (χ0) is 11.6. The largest absolute Gasteiger partial charge is 0.380 e. The van der Waals surface area contributed by atoms with E-state index in [1.165, 1.54) is 0 Å². The van der Waals surface area contributed by atoms with Crippen molar-refractivity contribution in [1.82, 2.24) is 0 Å². The molecule has 6 heteroatoms. The minimum absolute atomic E-state index is 0.0920. The third-order valence-electron chi connectivity index (χ3n) is 3.26. The van der Waals surface area contributed by atoms with Crippen molar-refractivity contribution in [3.63, 3.8) is 0 Å². The molecule has 0 saturated carbocycles. The van der Waals surface area contributed by atoms with Gasteiger partial charge in [-0.2, -0.15) is 0 Å². The molecule has 3 unspecified atom stereocenters. The molecule has 0 aliphatic carbocycles. The average molecular weight is 249 g/mol. The molecule has 2 N–H and O–H groups in total. The Morgan fingerprint density at radius 2 is 2.06 bits per heavy atom. The Morgan fingerprint density at radius 1 is 1.25 bits per heavy atom. The second-order valence-corrected chi connectivity index (χ2v) is 6.80. The topological polar surface area (TPSA) is 78.6 Å². The van der Waals surface area contributed by atoms with Crippen molar-refractivity contribution >= 4 is 9.84 Å². The predicted molar refractivity (Wildman–Crippen MR) is 60.0 cm³/mol. The maximum Gasteiger partial charge on any atom is 0.159 e. The van der Waals surface area contributed by atoms with E-state index in [-0.39, 0.29) is 24.5 Å². The lowest BCUT2D eigenvalue weighted by molar-refractivity contribution is 0.0880. The van der Waals surface area contributed by atoms with Gasteiger partial charge in [-0.25, -0.2) is 8.42 Å². The van der Waals surface area contributed by atoms with Crippen LogP contribution in [0.5, 0.6) is 0 Å². The first-order valence-electron chi connectivity index (χ1n) is 5.76. The summed E-state index contributed by atoms with van der Waals surface area (Å²) >= 11 is 0. The smallest absolute Gasteiger partial charge is 0.159 e. The van der Waals surface area contributed by atoms with Gasteiger partial charge in [0.25, 0.3) is 0 Å². The van der Waals surface area contributed by atoms with Gasteiger partial charge in [-0.05, 0) is 19.3 Å². The molecule has 2 rings (SSSR count). The first kappa shape index (κ1) is 12.3. The second kappa shape index (κ2) is 5.00. The standard InChI is InChI=1S/C10H19NO4S/c11-9-3-5-14-6-10(9)16(12,13)7-8-2-1-4-15-8/h8-10H,1-7,11H2. The van der Waals surface area contributed by atoms with Crippen LogP contribution in [-0.4, -0.2) is 51.4 Å². The van der Waals surface area contributed by atoms with E-state index >= 15 is 0 Å². The summed E-state index contributed by atoms with van der Waals surface area (Å²) in [6.45, 7) is 1.47. The van der Waals surface area contributed by atoms with E-state index in [1.54, 1.807) is 0 Å². The molecule has 0 bridgehead atoms. The monoisotopic (exact) mass is 249 g/mol. The van der Waals surface area contributed by atoms with Crippen molar-refractivity contribution in [2.75, 3.05) is 25.6 Å². The molecular weight excluding hydrogens is 230 g/mol. The molecule has 0 amide bonds. The van der Waals surface area contributed by atoms with E-state index in [0.717, 1.165) is 12.8 Å². The fourth-order valence-electron chi connectivity index (χ4n) is 2.26. The molecule has 16 heavy (non-hydrogen) atoms. The van der Waals surface area contributed by atoms with E-state index < -0.39 is 15.1 Å². The van der Waals surface area contributed by atoms with Gasteiger partial charge in [0.05, 0.1) is 23.7 Å². The summed E-state index contributed by atoms with van der Waals surface area (Å²) in [6, 6.07) is -0.292. The number of ether oxygens (including phenoxy) is 2. The maximum atomic E-state index is 12.1. The summed E-state index contributed by atoms with van der Waals surface area (Å²) in [5.41, 5.74) is 5.84. The molecule has 0 aromatic carbocycles. The Bertz CT molecular complexity index is 324. The molecule has 2 aliphatic rings. The van der Waals surface area contributed by atoms with Crippen LogP contribution in [0.15, 0.2) is 0 Å². The average Bonchev–Trinajstić information content (AvgIpc) is 2.70. The number of nitrogens with two attached hydrogens (primary N) is 1. The van der Waals surface area contributed by atoms with Crippen molar-refractivity contribution in [1.29, 1.82) is 0 Å². The highest BCUT2D eigenvalue weighted by molar-refractivity contribution is 7.92. The van der Waals surface area contributed by atoms with Crippen LogP contribution in [0.3, 0.4) is 0 Å². The quantitative estimate of drug-likeness (QED) is 0.742. The number of hydrogen-bond acceptors (Lipinski definition) is 5. The van der Waals surface area contributed by atoms with Gasteiger partial charge in [0.2, 0.25) is 0 Å². The second-order valence-electron chi connectivity index (χ2n) is 4.53. The molecule has 0 radical (unpaired) electrons. The van der Waals surface area contributed by atoms with Crippen LogP contribution in [-0.2, 0) is 19.3 Å². The van der Waals surface area contributed by atoms with Crippen molar-refractivity contribution in [3.8, 4) is 0 Å². The van der Waals surface area contributed by atoms with Gasteiger partial charge < -0.3 is 15.2 Å². The molecule has 3 atom stereocenters. The van der Waals surface area contributed by atoms with Crippen molar-refractivity contribution in [2.45, 2.75) is 36.7 Å². The molecular formula is C10H19NO4S. The molecule has 5 nitrogen and oxygen atoms in total. The summed E-state index contributed by atoms with van der Waals surface area (Å²) in [7, 11) is -3.19. The van der Waals surface area contributed by atoms with Gasteiger partial charge >= 0.3 is 0 Å². The fraction of sp³-hybridized carbons (Fsp3) is 1.00. The van der Waals surface area contributed by atoms with Crippen LogP contribution < -0.4 is 5.73 Å². The van der Waals surface area contributed by atoms with Crippen LogP contribution in [0.25, 0.3) is 0 Å². The Morgan fingerprint density at radius 3 is 2.69 bits per heavy atom. The normalized spacial score (nSPS) is 36.4. The Hall–Kier alpha value is -0.170. The predicted octanol–water partition coefficient (Wildman–Crippen LogP) is -0.304. The highest BCUT2D eigenvalue weighted by Gasteiger charge is 2.36. The van der Waals surface area contributed by atoms with E-state index in [1.807, 2.05) is 0 Å². The van der Waals surface area contributed by atoms with Crippen LogP contribution in [0, 0.1) is 0 Å². The van der Waals surface area contributed by atoms with Crippen molar-refractivity contribution < 1.29 is 17.9 Å². The van der Waals surface area contributed by atoms with Gasteiger partial charge in [0, 0.05) is 19.3 Å². The van der Waals surface area contributed by atoms with Crippen LogP contribution in [0.1, 0.15) is 19.3 Å². The SMILES string of the molecule is NC1CCOCC1S(=O)(=O)CC1CCCO1. The molecule has 2 aliphatic heterocycles. The minimum atomic E-state index is -3.19. The van der Waals surface area contributed by atoms with Gasteiger partial charge in [-0.15, -0.1) is 0 Å². The Balaban J connectivity index is 1.99. The summed E-state index contributed by atoms with van der Waals surface area (Å²) in [5, 5.41) is -0.551. The molecule has 2 saturated heterocycles. The summed E-state index contributed by atoms with van der Waals surface area (Å²) in [5.74, 6) is 0.0920. The highest BCUT2D eigenvalue weighted by Crippen LogP contribution is 2.20. The van der Waals surface area contributed by atoms with Crippen LogP contribution in [0.4, 0.5) is 0 Å². The molecule has 2 heterocycles. The van der Waals surface area contributed by atoms with Gasteiger partial charge in [-0.1, -0.05) is 0 Å². The molecule has 2 fully saturated rings. The van der Waals surface area contributed by atoms with Crippen LogP contribution >= 0.6 is 0 Å². The first-order valence-corrected chi connectivity index (χ1v) is 7.47. The number of hydrogen-bond donors (Lipinski definition) is 1. The summed E-state index contributed by atoms with van der Waals surface area (Å²) in [6.07, 6.45) is 2.27. The fourth-order valence-corrected chi connectivity index (χ4v) is 4.26. The van der Waals surface area contributed by atoms with E-state index in [2.05, 4.69) is 0 Å². The summed E-state index contributed by atoms with van der Waals surface area (Å²) < 4.78 is 34.8.